The van der Waals surface area contributed by atoms with Crippen LogP contribution in [0.3, 0.4) is 0 Å². The Bertz CT molecular complexity index is 552. The van der Waals surface area contributed by atoms with Gasteiger partial charge in [0.2, 0.25) is 0 Å². The van der Waals surface area contributed by atoms with Gasteiger partial charge in [0.1, 0.15) is 0 Å². The monoisotopic (exact) mass is 260 g/mol. The second-order valence-corrected chi connectivity index (χ2v) is 4.89. The number of hydrogen-bond acceptors (Lipinski definition) is 2. The predicted molar refractivity (Wildman–Crippen MR) is 76.1 cm³/mol. The van der Waals surface area contributed by atoms with E-state index in [-0.39, 0.29) is 6.04 Å². The van der Waals surface area contributed by atoms with Crippen molar-refractivity contribution in [3.05, 3.63) is 63.9 Å². The molecule has 0 saturated carbocycles. The zero-order chi connectivity index (χ0) is 13.1. The molecule has 0 saturated heterocycles. The van der Waals surface area contributed by atoms with Crippen LogP contribution >= 0.6 is 11.6 Å². The van der Waals surface area contributed by atoms with E-state index in [4.69, 9.17) is 11.6 Å². The van der Waals surface area contributed by atoms with E-state index in [0.29, 0.717) is 5.02 Å². The Labute approximate surface area is 113 Å². The summed E-state index contributed by atoms with van der Waals surface area (Å²) >= 11 is 6.23. The number of pyridine rings is 1. The van der Waals surface area contributed by atoms with Gasteiger partial charge in [0, 0.05) is 12.4 Å². The van der Waals surface area contributed by atoms with Crippen molar-refractivity contribution in [1.82, 2.24) is 10.3 Å². The Morgan fingerprint density at radius 3 is 2.56 bits per heavy atom. The fourth-order valence-electron chi connectivity index (χ4n) is 2.25. The summed E-state index contributed by atoms with van der Waals surface area (Å²) < 4.78 is 0. The number of nitrogens with zero attached hydrogens (tertiary/aromatic N) is 1. The van der Waals surface area contributed by atoms with Crippen LogP contribution in [-0.2, 0) is 0 Å². The first-order valence-electron chi connectivity index (χ1n) is 5.97. The minimum Gasteiger partial charge on any atom is -0.309 e. The molecule has 1 unspecified atom stereocenters. The molecule has 0 radical (unpaired) electrons. The third kappa shape index (κ3) is 2.55. The predicted octanol–water partition coefficient (Wildman–Crippen LogP) is 3.66. The second-order valence-electron chi connectivity index (χ2n) is 4.48. The van der Waals surface area contributed by atoms with E-state index in [2.05, 4.69) is 42.3 Å². The van der Waals surface area contributed by atoms with Crippen molar-refractivity contribution in [1.29, 1.82) is 0 Å². The molecular formula is C15H17ClN2. The van der Waals surface area contributed by atoms with Gasteiger partial charge in [-0.2, -0.15) is 0 Å². The Kier molecular flexibility index (Phi) is 4.00. The van der Waals surface area contributed by atoms with Gasteiger partial charge in [-0.05, 0) is 43.7 Å². The minimum absolute atomic E-state index is 0.0982. The molecule has 0 aliphatic heterocycles. The van der Waals surface area contributed by atoms with E-state index in [9.17, 15) is 0 Å². The second kappa shape index (κ2) is 5.51. The molecule has 3 heteroatoms. The molecule has 18 heavy (non-hydrogen) atoms. The van der Waals surface area contributed by atoms with Crippen LogP contribution in [0, 0.1) is 13.8 Å². The van der Waals surface area contributed by atoms with Gasteiger partial charge in [-0.3, -0.25) is 4.98 Å². The number of halogens is 1. The average Bonchev–Trinajstić information content (AvgIpc) is 2.34. The standard InChI is InChI=1S/C15H17ClN2/c1-10-4-5-12(11(2)8-10)15(17-3)13-6-7-18-9-14(13)16/h4-9,15,17H,1-3H3. The van der Waals surface area contributed by atoms with Crippen LogP contribution in [0.2, 0.25) is 5.02 Å². The zero-order valence-corrected chi connectivity index (χ0v) is 11.6. The van der Waals surface area contributed by atoms with Crippen LogP contribution < -0.4 is 5.32 Å². The van der Waals surface area contributed by atoms with Gasteiger partial charge in [-0.25, -0.2) is 0 Å². The van der Waals surface area contributed by atoms with Gasteiger partial charge in [0.15, 0.2) is 0 Å². The van der Waals surface area contributed by atoms with Crippen LogP contribution in [0.1, 0.15) is 28.3 Å². The summed E-state index contributed by atoms with van der Waals surface area (Å²) in [5.41, 5.74) is 4.84. The number of hydrogen-bond donors (Lipinski definition) is 1. The molecule has 0 amide bonds. The normalized spacial score (nSPS) is 12.4. The first kappa shape index (κ1) is 13.1. The van der Waals surface area contributed by atoms with Crippen molar-refractivity contribution in [2.45, 2.75) is 19.9 Å². The van der Waals surface area contributed by atoms with Crippen molar-refractivity contribution >= 4 is 11.6 Å². The van der Waals surface area contributed by atoms with Gasteiger partial charge in [-0.1, -0.05) is 35.4 Å². The molecule has 0 spiro atoms. The molecule has 1 aromatic carbocycles. The Morgan fingerprint density at radius 1 is 1.17 bits per heavy atom. The highest BCUT2D eigenvalue weighted by Crippen LogP contribution is 2.29. The highest BCUT2D eigenvalue weighted by Gasteiger charge is 2.16. The van der Waals surface area contributed by atoms with Crippen molar-refractivity contribution in [2.24, 2.45) is 0 Å². The van der Waals surface area contributed by atoms with Gasteiger partial charge in [0.25, 0.3) is 0 Å². The van der Waals surface area contributed by atoms with E-state index in [1.807, 2.05) is 13.1 Å². The molecule has 2 nitrogen and oxygen atoms in total. The van der Waals surface area contributed by atoms with Crippen molar-refractivity contribution < 1.29 is 0 Å². The fraction of sp³-hybridized carbons (Fsp3) is 0.267. The van der Waals surface area contributed by atoms with Crippen molar-refractivity contribution in [2.75, 3.05) is 7.05 Å². The summed E-state index contributed by atoms with van der Waals surface area (Å²) in [6, 6.07) is 8.53. The topological polar surface area (TPSA) is 24.9 Å². The first-order chi connectivity index (χ1) is 8.63. The van der Waals surface area contributed by atoms with E-state index >= 15 is 0 Å². The van der Waals surface area contributed by atoms with E-state index in [1.54, 1.807) is 12.4 Å². The first-order valence-corrected chi connectivity index (χ1v) is 6.35. The van der Waals surface area contributed by atoms with Crippen LogP contribution in [0.4, 0.5) is 0 Å². The average molecular weight is 261 g/mol. The number of rotatable bonds is 3. The van der Waals surface area contributed by atoms with E-state index in [1.165, 1.54) is 16.7 Å². The lowest BCUT2D eigenvalue weighted by Crippen LogP contribution is -2.19. The molecule has 1 heterocycles. The van der Waals surface area contributed by atoms with Crippen LogP contribution in [-0.4, -0.2) is 12.0 Å². The van der Waals surface area contributed by atoms with Crippen LogP contribution in [0.25, 0.3) is 0 Å². The summed E-state index contributed by atoms with van der Waals surface area (Å²) in [6.07, 6.45) is 3.46. The Hall–Kier alpha value is -1.38. The molecule has 0 aliphatic rings. The molecule has 1 aromatic heterocycles. The summed E-state index contributed by atoms with van der Waals surface area (Å²) in [4.78, 5) is 4.03. The lowest BCUT2D eigenvalue weighted by molar-refractivity contribution is 0.686. The molecular weight excluding hydrogens is 244 g/mol. The van der Waals surface area contributed by atoms with Gasteiger partial charge in [0.05, 0.1) is 11.1 Å². The zero-order valence-electron chi connectivity index (χ0n) is 10.9. The number of nitrogens with one attached hydrogen (secondary N) is 1. The summed E-state index contributed by atoms with van der Waals surface area (Å²) in [5, 5.41) is 4.02. The maximum Gasteiger partial charge on any atom is 0.0640 e. The molecule has 0 bridgehead atoms. The van der Waals surface area contributed by atoms with Crippen LogP contribution in [0.5, 0.6) is 0 Å². The maximum atomic E-state index is 6.23. The van der Waals surface area contributed by atoms with E-state index in [0.717, 1.165) is 5.56 Å². The molecule has 94 valence electrons. The molecule has 2 rings (SSSR count). The van der Waals surface area contributed by atoms with Crippen molar-refractivity contribution in [3.8, 4) is 0 Å². The largest absolute Gasteiger partial charge is 0.309 e. The van der Waals surface area contributed by atoms with Crippen molar-refractivity contribution in [3.63, 3.8) is 0 Å². The van der Waals surface area contributed by atoms with Gasteiger partial charge >= 0.3 is 0 Å². The summed E-state index contributed by atoms with van der Waals surface area (Å²) in [7, 11) is 1.95. The quantitative estimate of drug-likeness (QED) is 0.911. The SMILES string of the molecule is CNC(c1ccc(C)cc1C)c1ccncc1Cl. The highest BCUT2D eigenvalue weighted by atomic mass is 35.5. The highest BCUT2D eigenvalue weighted by molar-refractivity contribution is 6.31. The van der Waals surface area contributed by atoms with Crippen LogP contribution in [0.15, 0.2) is 36.7 Å². The third-order valence-corrected chi connectivity index (χ3v) is 3.46. The smallest absolute Gasteiger partial charge is 0.0640 e. The molecule has 2 aromatic rings. The number of benzene rings is 1. The summed E-state index contributed by atoms with van der Waals surface area (Å²) in [6.45, 7) is 4.23. The molecule has 1 N–H and O–H groups in total. The molecule has 0 fully saturated rings. The van der Waals surface area contributed by atoms with E-state index < -0.39 is 0 Å². The minimum atomic E-state index is 0.0982. The number of aryl methyl sites for hydroxylation is 2. The maximum absolute atomic E-state index is 6.23. The number of aromatic nitrogens is 1. The lowest BCUT2D eigenvalue weighted by Gasteiger charge is -2.20. The molecule has 0 aliphatic carbocycles. The molecule has 1 atom stereocenters. The lowest BCUT2D eigenvalue weighted by atomic mass is 9.94. The summed E-state index contributed by atoms with van der Waals surface area (Å²) in [5.74, 6) is 0. The Balaban J connectivity index is 2.49. The Morgan fingerprint density at radius 2 is 1.94 bits per heavy atom. The third-order valence-electron chi connectivity index (χ3n) is 3.14. The fourth-order valence-corrected chi connectivity index (χ4v) is 2.48. The van der Waals surface area contributed by atoms with Gasteiger partial charge < -0.3 is 5.32 Å². The van der Waals surface area contributed by atoms with Gasteiger partial charge in [-0.15, -0.1) is 0 Å².